The van der Waals surface area contributed by atoms with Gasteiger partial charge in [0.05, 0.1) is 21.9 Å². The quantitative estimate of drug-likeness (QED) is 0.206. The molecule has 5 rings (SSSR count). The lowest BCUT2D eigenvalue weighted by molar-refractivity contribution is -0.384. The maximum absolute atomic E-state index is 12.9. The number of hydrogen-bond acceptors (Lipinski definition) is 6. The maximum atomic E-state index is 12.9. The van der Waals surface area contributed by atoms with Gasteiger partial charge in [-0.3, -0.25) is 14.9 Å². The topological polar surface area (TPSA) is 155 Å². The van der Waals surface area contributed by atoms with Gasteiger partial charge in [-0.15, -0.1) is 0 Å². The van der Waals surface area contributed by atoms with E-state index in [0.29, 0.717) is 33.9 Å². The van der Waals surface area contributed by atoms with E-state index < -0.39 is 22.2 Å². The molecule has 4 N–H and O–H groups in total. The molecule has 0 unspecified atom stereocenters. The van der Waals surface area contributed by atoms with Gasteiger partial charge in [0.1, 0.15) is 0 Å². The Labute approximate surface area is 190 Å². The molecule has 0 saturated heterocycles. The van der Waals surface area contributed by atoms with Gasteiger partial charge in [-0.1, -0.05) is 30.3 Å². The van der Waals surface area contributed by atoms with E-state index in [2.05, 4.69) is 20.8 Å². The van der Waals surface area contributed by atoms with Crippen LogP contribution in [0.3, 0.4) is 0 Å². The number of nitrogens with one attached hydrogen (secondary N) is 4. The summed E-state index contributed by atoms with van der Waals surface area (Å²) in [5.41, 5.74) is 1.87. The van der Waals surface area contributed by atoms with Crippen molar-refractivity contribution < 1.29 is 9.72 Å². The van der Waals surface area contributed by atoms with E-state index in [9.17, 15) is 24.5 Å². The fraction of sp³-hybridized carbons (Fsp3) is 0. The highest BCUT2D eigenvalue weighted by Gasteiger charge is 2.30. The minimum absolute atomic E-state index is 0.133. The van der Waals surface area contributed by atoms with Crippen LogP contribution in [0.25, 0.3) is 17.0 Å². The number of aromatic nitrogens is 3. The zero-order valence-electron chi connectivity index (χ0n) is 17.4. The molecule has 1 aliphatic rings. The Kier molecular flexibility index (Phi) is 4.90. The molecular weight excluding hydrogens is 440 g/mol. The standard InChI is InChI=1S/C23H16N6O5/c30-21-19(17-12-16(29(33)34)10-11-18(17)25-21)20(13-4-2-1-3-5-13)24-14-6-8-15(9-7-14)28-22(31)26-27-23(28)32/h1-12,24H,(H,25,30)(H,26,31)(H,27,32). The summed E-state index contributed by atoms with van der Waals surface area (Å²) in [5.74, 6) is -0.399. The SMILES string of the molecule is O=C1Nc2ccc([N+](=O)[O-])cc2C1=C(Nc1ccc(-n2c(=O)[nH][nH]c2=O)cc1)c1ccccc1. The maximum Gasteiger partial charge on any atom is 0.348 e. The average Bonchev–Trinajstić information content (AvgIpc) is 3.35. The van der Waals surface area contributed by atoms with E-state index in [1.165, 1.54) is 18.2 Å². The van der Waals surface area contributed by atoms with Gasteiger partial charge in [-0.2, -0.15) is 0 Å². The number of anilines is 2. The summed E-state index contributed by atoms with van der Waals surface area (Å²) in [4.78, 5) is 47.4. The van der Waals surface area contributed by atoms with Crippen LogP contribution in [0.4, 0.5) is 17.1 Å². The normalized spacial score (nSPS) is 13.8. The van der Waals surface area contributed by atoms with Crippen molar-refractivity contribution in [3.63, 3.8) is 0 Å². The van der Waals surface area contributed by atoms with Crippen molar-refractivity contribution in [2.75, 3.05) is 10.6 Å². The molecule has 168 valence electrons. The molecule has 1 amide bonds. The Bertz CT molecular complexity index is 1550. The Hall–Kier alpha value is -5.19. The Morgan fingerprint density at radius 1 is 0.882 bits per heavy atom. The zero-order valence-corrected chi connectivity index (χ0v) is 17.4. The van der Waals surface area contributed by atoms with Crippen LogP contribution in [0.5, 0.6) is 0 Å². The molecule has 0 spiro atoms. The molecule has 11 heteroatoms. The van der Waals surface area contributed by atoms with Crippen LogP contribution < -0.4 is 22.0 Å². The first-order valence-corrected chi connectivity index (χ1v) is 10.1. The fourth-order valence-electron chi connectivity index (χ4n) is 3.78. The number of rotatable bonds is 5. The molecule has 0 radical (unpaired) electrons. The highest BCUT2D eigenvalue weighted by atomic mass is 16.6. The minimum Gasteiger partial charge on any atom is -0.354 e. The van der Waals surface area contributed by atoms with Crippen LogP contribution >= 0.6 is 0 Å². The second kappa shape index (κ2) is 8.06. The third kappa shape index (κ3) is 3.56. The predicted octanol–water partition coefficient (Wildman–Crippen LogP) is 2.69. The van der Waals surface area contributed by atoms with E-state index in [4.69, 9.17) is 0 Å². The van der Waals surface area contributed by atoms with E-state index in [1.807, 2.05) is 30.3 Å². The first kappa shape index (κ1) is 20.7. The van der Waals surface area contributed by atoms with Gasteiger partial charge < -0.3 is 10.6 Å². The van der Waals surface area contributed by atoms with Crippen molar-refractivity contribution in [2.24, 2.45) is 0 Å². The summed E-state index contributed by atoms with van der Waals surface area (Å²) in [7, 11) is 0. The molecule has 0 fully saturated rings. The summed E-state index contributed by atoms with van der Waals surface area (Å²) < 4.78 is 0.945. The molecule has 0 bridgehead atoms. The second-order valence-corrected chi connectivity index (χ2v) is 7.42. The van der Waals surface area contributed by atoms with Crippen LogP contribution in [0.1, 0.15) is 11.1 Å². The number of carbonyl (C=O) groups is 1. The van der Waals surface area contributed by atoms with Crippen molar-refractivity contribution in [2.45, 2.75) is 0 Å². The summed E-state index contributed by atoms with van der Waals surface area (Å²) in [5, 5.41) is 21.7. The first-order valence-electron chi connectivity index (χ1n) is 10.1. The lowest BCUT2D eigenvalue weighted by Crippen LogP contribution is -2.24. The van der Waals surface area contributed by atoms with Crippen molar-refractivity contribution in [1.82, 2.24) is 14.8 Å². The summed E-state index contributed by atoms with van der Waals surface area (Å²) in [6, 6.07) is 19.7. The number of nitro groups is 1. The highest BCUT2D eigenvalue weighted by molar-refractivity contribution is 6.37. The number of nitro benzene ring substituents is 1. The first-order chi connectivity index (χ1) is 16.4. The summed E-state index contributed by atoms with van der Waals surface area (Å²) in [6.07, 6.45) is 0. The third-order valence-electron chi connectivity index (χ3n) is 5.35. The van der Waals surface area contributed by atoms with Crippen LogP contribution in [-0.4, -0.2) is 25.6 Å². The Balaban J connectivity index is 1.62. The lowest BCUT2D eigenvalue weighted by atomic mass is 9.99. The molecule has 1 aliphatic heterocycles. The van der Waals surface area contributed by atoms with E-state index in [1.54, 1.807) is 24.3 Å². The number of carbonyl (C=O) groups excluding carboxylic acids is 1. The fourth-order valence-corrected chi connectivity index (χ4v) is 3.78. The van der Waals surface area contributed by atoms with Gasteiger partial charge >= 0.3 is 11.4 Å². The molecule has 0 saturated carbocycles. The molecule has 11 nitrogen and oxygen atoms in total. The molecule has 0 atom stereocenters. The lowest BCUT2D eigenvalue weighted by Gasteiger charge is -2.15. The minimum atomic E-state index is -0.598. The monoisotopic (exact) mass is 456 g/mol. The van der Waals surface area contributed by atoms with Crippen LogP contribution in [0, 0.1) is 10.1 Å². The van der Waals surface area contributed by atoms with Crippen molar-refractivity contribution in [1.29, 1.82) is 0 Å². The predicted molar refractivity (Wildman–Crippen MR) is 126 cm³/mol. The molecule has 1 aromatic heterocycles. The van der Waals surface area contributed by atoms with E-state index in [-0.39, 0.29) is 11.3 Å². The second-order valence-electron chi connectivity index (χ2n) is 7.42. The van der Waals surface area contributed by atoms with Gasteiger partial charge in [-0.05, 0) is 35.9 Å². The number of non-ortho nitro benzene ring substituents is 1. The number of amides is 1. The number of fused-ring (bicyclic) bond motifs is 1. The number of H-pyrrole nitrogens is 2. The molecule has 2 heterocycles. The smallest absolute Gasteiger partial charge is 0.348 e. The van der Waals surface area contributed by atoms with Gasteiger partial charge in [0.2, 0.25) is 0 Å². The third-order valence-corrected chi connectivity index (χ3v) is 5.35. The number of aromatic amines is 2. The molecule has 34 heavy (non-hydrogen) atoms. The van der Waals surface area contributed by atoms with E-state index in [0.717, 1.165) is 4.57 Å². The van der Waals surface area contributed by atoms with Crippen molar-refractivity contribution >= 4 is 34.2 Å². The largest absolute Gasteiger partial charge is 0.354 e. The van der Waals surface area contributed by atoms with Crippen molar-refractivity contribution in [3.8, 4) is 5.69 Å². The van der Waals surface area contributed by atoms with Gasteiger partial charge in [0.15, 0.2) is 0 Å². The molecule has 4 aromatic rings. The van der Waals surface area contributed by atoms with Crippen LogP contribution in [-0.2, 0) is 4.79 Å². The zero-order chi connectivity index (χ0) is 23.8. The van der Waals surface area contributed by atoms with Gasteiger partial charge in [0, 0.05) is 29.1 Å². The number of hydrogen-bond donors (Lipinski definition) is 4. The Morgan fingerprint density at radius 2 is 1.56 bits per heavy atom. The van der Waals surface area contributed by atoms with E-state index >= 15 is 0 Å². The van der Waals surface area contributed by atoms with Crippen molar-refractivity contribution in [3.05, 3.63) is 115 Å². The van der Waals surface area contributed by atoms with Gasteiger partial charge in [-0.25, -0.2) is 24.4 Å². The highest BCUT2D eigenvalue weighted by Crippen LogP contribution is 2.39. The molecule has 3 aromatic carbocycles. The van der Waals surface area contributed by atoms with Gasteiger partial charge in [0.25, 0.3) is 11.6 Å². The van der Waals surface area contributed by atoms with Crippen LogP contribution in [0.2, 0.25) is 0 Å². The summed E-state index contributed by atoms with van der Waals surface area (Å²) >= 11 is 0. The Morgan fingerprint density at radius 3 is 2.21 bits per heavy atom. The number of nitrogens with zero attached hydrogens (tertiary/aromatic N) is 2. The molecular formula is C23H16N6O5. The molecule has 0 aliphatic carbocycles. The number of benzene rings is 3. The average molecular weight is 456 g/mol. The van der Waals surface area contributed by atoms with Crippen LogP contribution in [0.15, 0.2) is 82.4 Å². The summed E-state index contributed by atoms with van der Waals surface area (Å²) in [6.45, 7) is 0.